The van der Waals surface area contributed by atoms with Gasteiger partial charge < -0.3 is 0 Å². The van der Waals surface area contributed by atoms with Crippen LogP contribution in [0.1, 0.15) is 29.5 Å². The Kier molecular flexibility index (Phi) is 3.35. The second kappa shape index (κ2) is 5.42. The number of rotatable bonds is 1. The summed E-state index contributed by atoms with van der Waals surface area (Å²) in [4.78, 5) is 12.4. The molecular weight excluding hydrogens is 301 g/mol. The predicted molar refractivity (Wildman–Crippen MR) is 89.9 cm³/mol. The van der Waals surface area contributed by atoms with Crippen LogP contribution in [0, 0.1) is 16.7 Å². The van der Waals surface area contributed by atoms with Gasteiger partial charge in [0.05, 0.1) is 11.6 Å². The molecule has 2 aromatic carbocycles. The molecule has 2 aliphatic rings. The van der Waals surface area contributed by atoms with Crippen molar-refractivity contribution in [2.45, 2.75) is 25.7 Å². The van der Waals surface area contributed by atoms with Crippen LogP contribution in [0.25, 0.3) is 11.1 Å². The summed E-state index contributed by atoms with van der Waals surface area (Å²) in [6.07, 6.45) is 3.51. The molecule has 2 aliphatic carbocycles. The van der Waals surface area contributed by atoms with Gasteiger partial charge in [-0.1, -0.05) is 30.3 Å². The van der Waals surface area contributed by atoms with Crippen molar-refractivity contribution >= 4 is 5.78 Å². The van der Waals surface area contributed by atoms with Crippen LogP contribution in [-0.4, -0.2) is 5.78 Å². The Hall–Kier alpha value is -2.73. The number of fused-ring (bicyclic) bond motifs is 1. The highest BCUT2D eigenvalue weighted by Crippen LogP contribution is 2.45. The van der Waals surface area contributed by atoms with Crippen LogP contribution < -0.4 is 0 Å². The van der Waals surface area contributed by atoms with Gasteiger partial charge in [-0.2, -0.15) is 5.26 Å². The molecular formula is C21H16FNO. The SMILES string of the molecule is N#Cc1cccc(-c2ccc3c(c2)C[C@@]2(CCC(F)=CC2=O)C3)c1. The summed E-state index contributed by atoms with van der Waals surface area (Å²) < 4.78 is 13.4. The van der Waals surface area contributed by atoms with Gasteiger partial charge in [0.2, 0.25) is 0 Å². The summed E-state index contributed by atoms with van der Waals surface area (Å²) in [5, 5.41) is 9.06. The highest BCUT2D eigenvalue weighted by Gasteiger charge is 2.44. The highest BCUT2D eigenvalue weighted by atomic mass is 19.1. The molecule has 0 amide bonds. The monoisotopic (exact) mass is 317 g/mol. The van der Waals surface area contributed by atoms with Gasteiger partial charge in [0.15, 0.2) is 5.78 Å². The Labute approximate surface area is 140 Å². The number of benzene rings is 2. The van der Waals surface area contributed by atoms with Gasteiger partial charge in [0, 0.05) is 17.9 Å². The Morgan fingerprint density at radius 1 is 1.04 bits per heavy atom. The van der Waals surface area contributed by atoms with Crippen molar-refractivity contribution in [2.75, 3.05) is 0 Å². The maximum absolute atomic E-state index is 13.4. The van der Waals surface area contributed by atoms with Gasteiger partial charge >= 0.3 is 0 Å². The standard InChI is InChI=1S/C21H16FNO/c22-19-6-7-21(20(24)10-19)11-17-5-4-16(9-18(17)12-21)15-3-1-2-14(8-15)13-23/h1-5,8-10H,6-7,11-12H2/t21-/m1/s1. The van der Waals surface area contributed by atoms with E-state index in [-0.39, 0.29) is 11.6 Å². The van der Waals surface area contributed by atoms with Crippen LogP contribution >= 0.6 is 0 Å². The Morgan fingerprint density at radius 3 is 2.62 bits per heavy atom. The first kappa shape index (κ1) is 14.8. The van der Waals surface area contributed by atoms with E-state index in [2.05, 4.69) is 18.2 Å². The lowest BCUT2D eigenvalue weighted by Gasteiger charge is -2.28. The third-order valence-corrected chi connectivity index (χ3v) is 5.24. The lowest BCUT2D eigenvalue weighted by atomic mass is 9.73. The molecule has 3 heteroatoms. The van der Waals surface area contributed by atoms with Crippen molar-refractivity contribution in [1.29, 1.82) is 5.26 Å². The molecule has 0 unspecified atom stereocenters. The first-order chi connectivity index (χ1) is 11.6. The van der Waals surface area contributed by atoms with Crippen LogP contribution in [0.15, 0.2) is 54.4 Å². The van der Waals surface area contributed by atoms with E-state index < -0.39 is 5.41 Å². The van der Waals surface area contributed by atoms with Crippen LogP contribution in [0.2, 0.25) is 0 Å². The molecule has 1 spiro atoms. The van der Waals surface area contributed by atoms with E-state index in [1.54, 1.807) is 6.07 Å². The summed E-state index contributed by atoms with van der Waals surface area (Å²) in [6, 6.07) is 15.9. The van der Waals surface area contributed by atoms with E-state index in [1.807, 2.05) is 24.3 Å². The van der Waals surface area contributed by atoms with Crippen molar-refractivity contribution in [2.24, 2.45) is 5.41 Å². The molecule has 0 bridgehead atoms. The molecule has 24 heavy (non-hydrogen) atoms. The van der Waals surface area contributed by atoms with Crippen molar-refractivity contribution in [1.82, 2.24) is 0 Å². The lowest BCUT2D eigenvalue weighted by Crippen LogP contribution is -2.33. The summed E-state index contributed by atoms with van der Waals surface area (Å²) in [5.74, 6) is -0.369. The zero-order valence-electron chi connectivity index (χ0n) is 13.2. The van der Waals surface area contributed by atoms with Gasteiger partial charge in [-0.15, -0.1) is 0 Å². The summed E-state index contributed by atoms with van der Waals surface area (Å²) >= 11 is 0. The molecule has 0 fully saturated rings. The van der Waals surface area contributed by atoms with Gasteiger partial charge in [-0.3, -0.25) is 4.79 Å². The predicted octanol–water partition coefficient (Wildman–Crippen LogP) is 4.53. The minimum Gasteiger partial charge on any atom is -0.294 e. The fourth-order valence-corrected chi connectivity index (χ4v) is 3.90. The quantitative estimate of drug-likeness (QED) is 0.775. The fourth-order valence-electron chi connectivity index (χ4n) is 3.90. The van der Waals surface area contributed by atoms with Gasteiger partial charge in [0.1, 0.15) is 5.83 Å². The average Bonchev–Trinajstić information content (AvgIpc) is 2.97. The molecule has 0 heterocycles. The third-order valence-electron chi connectivity index (χ3n) is 5.24. The molecule has 0 saturated heterocycles. The normalized spacial score (nSPS) is 22.2. The molecule has 0 radical (unpaired) electrons. The molecule has 2 aromatic rings. The smallest absolute Gasteiger partial charge is 0.165 e. The third kappa shape index (κ3) is 2.35. The first-order valence-corrected chi connectivity index (χ1v) is 8.12. The lowest BCUT2D eigenvalue weighted by molar-refractivity contribution is -0.124. The van der Waals surface area contributed by atoms with Gasteiger partial charge in [0.25, 0.3) is 0 Å². The molecule has 4 rings (SSSR count). The molecule has 2 nitrogen and oxygen atoms in total. The second-order valence-corrected chi connectivity index (χ2v) is 6.77. The van der Waals surface area contributed by atoms with E-state index in [4.69, 9.17) is 5.26 Å². The molecule has 0 aliphatic heterocycles. The van der Waals surface area contributed by atoms with Crippen molar-refractivity contribution < 1.29 is 9.18 Å². The van der Waals surface area contributed by atoms with Crippen LogP contribution in [0.4, 0.5) is 4.39 Å². The number of halogens is 1. The minimum absolute atomic E-state index is 0.0736. The Bertz CT molecular complexity index is 922. The maximum atomic E-state index is 13.4. The molecule has 0 saturated carbocycles. The van der Waals surface area contributed by atoms with Crippen molar-refractivity contribution in [3.63, 3.8) is 0 Å². The van der Waals surface area contributed by atoms with E-state index >= 15 is 0 Å². The van der Waals surface area contributed by atoms with E-state index in [0.717, 1.165) is 11.1 Å². The maximum Gasteiger partial charge on any atom is 0.165 e. The molecule has 0 aromatic heterocycles. The number of nitrogens with zero attached hydrogens (tertiary/aromatic N) is 1. The zero-order chi connectivity index (χ0) is 16.7. The van der Waals surface area contributed by atoms with E-state index in [0.29, 0.717) is 31.2 Å². The number of ketones is 1. The zero-order valence-corrected chi connectivity index (χ0v) is 13.2. The van der Waals surface area contributed by atoms with Crippen LogP contribution in [-0.2, 0) is 17.6 Å². The summed E-state index contributed by atoms with van der Waals surface area (Å²) in [7, 11) is 0. The molecule has 118 valence electrons. The second-order valence-electron chi connectivity index (χ2n) is 6.77. The van der Waals surface area contributed by atoms with Gasteiger partial charge in [-0.05, 0) is 53.6 Å². The van der Waals surface area contributed by atoms with Crippen LogP contribution in [0.5, 0.6) is 0 Å². The van der Waals surface area contributed by atoms with E-state index in [1.165, 1.54) is 17.2 Å². The summed E-state index contributed by atoms with van der Waals surface area (Å²) in [5.41, 5.74) is 4.57. The van der Waals surface area contributed by atoms with Crippen molar-refractivity contribution in [3.8, 4) is 17.2 Å². The Balaban J connectivity index is 1.69. The number of hydrogen-bond donors (Lipinski definition) is 0. The van der Waals surface area contributed by atoms with Gasteiger partial charge in [-0.25, -0.2) is 4.39 Å². The molecule has 0 N–H and O–H groups in total. The molecule has 1 atom stereocenters. The first-order valence-electron chi connectivity index (χ1n) is 8.12. The minimum atomic E-state index is -0.453. The van der Waals surface area contributed by atoms with Crippen LogP contribution in [0.3, 0.4) is 0 Å². The largest absolute Gasteiger partial charge is 0.294 e. The average molecular weight is 317 g/mol. The number of carbonyl (C=O) groups excluding carboxylic acids is 1. The number of carbonyl (C=O) groups is 1. The van der Waals surface area contributed by atoms with E-state index in [9.17, 15) is 9.18 Å². The topological polar surface area (TPSA) is 40.9 Å². The Morgan fingerprint density at radius 2 is 1.83 bits per heavy atom. The van der Waals surface area contributed by atoms with Crippen molar-refractivity contribution in [3.05, 3.63) is 71.1 Å². The number of allylic oxidation sites excluding steroid dienone is 2. The fraction of sp³-hybridized carbons (Fsp3) is 0.238. The highest BCUT2D eigenvalue weighted by molar-refractivity contribution is 5.97. The number of hydrogen-bond acceptors (Lipinski definition) is 2. The summed E-state index contributed by atoms with van der Waals surface area (Å²) in [6.45, 7) is 0. The number of nitriles is 1.